The third-order valence-corrected chi connectivity index (χ3v) is 9.92. The number of Topliss-reactive ketones (excluding diaryl/α,β-unsaturated/α-hetero) is 1. The van der Waals surface area contributed by atoms with Gasteiger partial charge in [-0.15, -0.1) is 11.3 Å². The number of nitrogens with zero attached hydrogens (tertiary/aromatic N) is 2. The van der Waals surface area contributed by atoms with Crippen LogP contribution in [-0.2, 0) is 21.2 Å². The van der Waals surface area contributed by atoms with Crippen LogP contribution < -0.4 is 20.5 Å². The molecule has 0 bridgehead atoms. The number of ketones is 1. The molecular weight excluding hydrogens is 603 g/mol. The lowest BCUT2D eigenvalue weighted by molar-refractivity contribution is 0.0488. The lowest BCUT2D eigenvalue weighted by Crippen LogP contribution is -2.43. The average molecular weight is 644 g/mol. The average Bonchev–Trinajstić information content (AvgIpc) is 3.48. The van der Waals surface area contributed by atoms with Crippen LogP contribution in [0.4, 0.5) is 4.79 Å². The maximum atomic E-state index is 13.5. The highest BCUT2D eigenvalue weighted by molar-refractivity contribution is 7.90. The SMILES string of the molecule is Cc1c(C)c(S(=O)(=O)NC(N)=NCCC[C@H](NC(=O)OC(C)(C)C)C(=O)c2nc3ccccc3s2)c(C)c2c1OC(C)(C)C2. The van der Waals surface area contributed by atoms with Crippen molar-refractivity contribution in [3.8, 4) is 5.75 Å². The summed E-state index contributed by atoms with van der Waals surface area (Å²) in [6.45, 7) is 14.6. The molecule has 4 N–H and O–H groups in total. The van der Waals surface area contributed by atoms with Crippen molar-refractivity contribution in [1.29, 1.82) is 0 Å². The molecule has 0 saturated carbocycles. The van der Waals surface area contributed by atoms with Crippen LogP contribution in [0.5, 0.6) is 5.75 Å². The van der Waals surface area contributed by atoms with Crippen LogP contribution in [0, 0.1) is 20.8 Å². The molecule has 0 aliphatic carbocycles. The van der Waals surface area contributed by atoms with Gasteiger partial charge in [0.2, 0.25) is 11.7 Å². The Morgan fingerprint density at radius 3 is 2.50 bits per heavy atom. The molecule has 2 heterocycles. The van der Waals surface area contributed by atoms with Crippen molar-refractivity contribution < 1.29 is 27.5 Å². The monoisotopic (exact) mass is 643 g/mol. The molecule has 0 unspecified atom stereocenters. The maximum absolute atomic E-state index is 13.5. The number of rotatable bonds is 9. The largest absolute Gasteiger partial charge is 0.487 e. The number of para-hydroxylation sites is 1. The first-order chi connectivity index (χ1) is 20.4. The van der Waals surface area contributed by atoms with E-state index in [1.807, 2.05) is 45.0 Å². The summed E-state index contributed by atoms with van der Waals surface area (Å²) in [4.78, 5) is 34.8. The molecule has 1 aromatic heterocycles. The van der Waals surface area contributed by atoms with Gasteiger partial charge in [0.15, 0.2) is 5.01 Å². The maximum Gasteiger partial charge on any atom is 0.408 e. The molecule has 13 heteroatoms. The van der Waals surface area contributed by atoms with Gasteiger partial charge in [-0.3, -0.25) is 9.79 Å². The van der Waals surface area contributed by atoms with E-state index in [9.17, 15) is 18.0 Å². The summed E-state index contributed by atoms with van der Waals surface area (Å²) in [5, 5.41) is 2.93. The summed E-state index contributed by atoms with van der Waals surface area (Å²) in [7, 11) is -4.05. The Morgan fingerprint density at radius 2 is 1.84 bits per heavy atom. The zero-order chi connectivity index (χ0) is 32.6. The van der Waals surface area contributed by atoms with E-state index in [4.69, 9.17) is 15.2 Å². The van der Waals surface area contributed by atoms with Crippen molar-refractivity contribution in [1.82, 2.24) is 15.0 Å². The zero-order valence-electron chi connectivity index (χ0n) is 26.5. The minimum atomic E-state index is -4.05. The topological polar surface area (TPSA) is 162 Å². The van der Waals surface area contributed by atoms with Gasteiger partial charge in [-0.1, -0.05) is 12.1 Å². The van der Waals surface area contributed by atoms with Crippen molar-refractivity contribution in [2.24, 2.45) is 10.7 Å². The van der Waals surface area contributed by atoms with Gasteiger partial charge >= 0.3 is 6.09 Å². The van der Waals surface area contributed by atoms with E-state index in [1.54, 1.807) is 34.6 Å². The standard InChI is InChI=1S/C31H41N5O6S2/c1-17-18(2)26(19(3)20-16-31(7,8)41-25(17)20)44(39,40)36-28(32)33-15-11-13-22(35-29(38)42-30(4,5)6)24(37)27-34-21-12-9-10-14-23(21)43-27/h9-10,12,14,22H,11,13,15-16H2,1-8H3,(H,35,38)(H3,32,33,36)/t22-/m0/s1. The number of aliphatic imine (C=N–C) groups is 1. The third kappa shape index (κ3) is 7.49. The summed E-state index contributed by atoms with van der Waals surface area (Å²) in [5.41, 5.74) is 8.40. The number of thiazole rings is 1. The number of aromatic nitrogens is 1. The third-order valence-electron chi connectivity index (χ3n) is 7.24. The van der Waals surface area contributed by atoms with Gasteiger partial charge in [-0.05, 0) is 97.1 Å². The number of nitrogens with one attached hydrogen (secondary N) is 2. The molecule has 1 amide bonds. The molecule has 238 valence electrons. The molecule has 0 fully saturated rings. The summed E-state index contributed by atoms with van der Waals surface area (Å²) >= 11 is 1.25. The van der Waals surface area contributed by atoms with E-state index in [0.717, 1.165) is 21.6 Å². The molecule has 3 aromatic rings. The van der Waals surface area contributed by atoms with Gasteiger partial charge < -0.3 is 20.5 Å². The molecule has 4 rings (SSSR count). The lowest BCUT2D eigenvalue weighted by atomic mass is 9.94. The molecule has 44 heavy (non-hydrogen) atoms. The Morgan fingerprint density at radius 1 is 1.16 bits per heavy atom. The summed E-state index contributed by atoms with van der Waals surface area (Å²) < 4.78 is 41.7. The molecule has 1 aliphatic rings. The first-order valence-electron chi connectivity index (χ1n) is 14.4. The normalized spacial score (nSPS) is 15.4. The van der Waals surface area contributed by atoms with Crippen molar-refractivity contribution >= 4 is 49.4 Å². The highest BCUT2D eigenvalue weighted by Crippen LogP contribution is 2.43. The van der Waals surface area contributed by atoms with Crippen LogP contribution in [0.2, 0.25) is 0 Å². The zero-order valence-corrected chi connectivity index (χ0v) is 28.1. The summed E-state index contributed by atoms with van der Waals surface area (Å²) in [5.74, 6) is 0.119. The number of sulfonamides is 1. The number of carbonyl (C=O) groups excluding carboxylic acids is 2. The second-order valence-corrected chi connectivity index (χ2v) is 15.3. The van der Waals surface area contributed by atoms with E-state index < -0.39 is 33.4 Å². The predicted molar refractivity (Wildman–Crippen MR) is 172 cm³/mol. The van der Waals surface area contributed by atoms with Gasteiger partial charge in [0.25, 0.3) is 10.0 Å². The van der Waals surface area contributed by atoms with E-state index in [0.29, 0.717) is 29.5 Å². The van der Waals surface area contributed by atoms with Crippen molar-refractivity contribution in [2.45, 2.75) is 96.8 Å². The van der Waals surface area contributed by atoms with Crippen LogP contribution in [-0.4, -0.2) is 55.0 Å². The number of alkyl carbamates (subject to hydrolysis) is 1. The van der Waals surface area contributed by atoms with Gasteiger partial charge in [-0.25, -0.2) is 22.9 Å². The summed E-state index contributed by atoms with van der Waals surface area (Å²) in [6, 6.07) is 6.47. The van der Waals surface area contributed by atoms with Crippen LogP contribution in [0.3, 0.4) is 0 Å². The fourth-order valence-electron chi connectivity index (χ4n) is 5.21. The fourth-order valence-corrected chi connectivity index (χ4v) is 7.69. The van der Waals surface area contributed by atoms with Gasteiger partial charge in [0.1, 0.15) is 17.0 Å². The van der Waals surface area contributed by atoms with Crippen LogP contribution in [0.25, 0.3) is 10.2 Å². The predicted octanol–water partition coefficient (Wildman–Crippen LogP) is 5.08. The number of guanidine groups is 1. The highest BCUT2D eigenvalue weighted by Gasteiger charge is 2.36. The molecular formula is C31H41N5O6S2. The van der Waals surface area contributed by atoms with Crippen molar-refractivity contribution in [3.63, 3.8) is 0 Å². The first kappa shape index (κ1) is 33.2. The fraction of sp³-hybridized carbons (Fsp3) is 0.484. The van der Waals surface area contributed by atoms with Crippen LogP contribution >= 0.6 is 11.3 Å². The second kappa shape index (κ2) is 12.4. The molecule has 0 spiro atoms. The number of hydrogen-bond donors (Lipinski definition) is 3. The minimum Gasteiger partial charge on any atom is -0.487 e. The number of ether oxygens (including phenoxy) is 2. The minimum absolute atomic E-state index is 0.108. The molecule has 0 radical (unpaired) electrons. The number of hydrogen-bond acceptors (Lipinski definition) is 9. The molecule has 2 aromatic carbocycles. The van der Waals surface area contributed by atoms with Crippen molar-refractivity contribution in [2.75, 3.05) is 6.54 Å². The molecule has 11 nitrogen and oxygen atoms in total. The number of carbonyl (C=O) groups is 2. The van der Waals surface area contributed by atoms with Gasteiger partial charge in [0, 0.05) is 18.5 Å². The Balaban J connectivity index is 1.46. The number of fused-ring (bicyclic) bond motifs is 2. The number of amides is 1. The van der Waals surface area contributed by atoms with Crippen LogP contribution in [0.1, 0.15) is 79.5 Å². The van der Waals surface area contributed by atoms with E-state index in [2.05, 4.69) is 20.0 Å². The van der Waals surface area contributed by atoms with Crippen molar-refractivity contribution in [3.05, 3.63) is 51.5 Å². The van der Waals surface area contributed by atoms with Gasteiger partial charge in [0.05, 0.1) is 21.2 Å². The van der Waals surface area contributed by atoms with E-state index in [-0.39, 0.29) is 34.6 Å². The Hall–Kier alpha value is -3.71. The summed E-state index contributed by atoms with van der Waals surface area (Å²) in [6.07, 6.45) is 0.393. The highest BCUT2D eigenvalue weighted by atomic mass is 32.2. The lowest BCUT2D eigenvalue weighted by Gasteiger charge is -2.22. The smallest absolute Gasteiger partial charge is 0.408 e. The quantitative estimate of drug-likeness (QED) is 0.126. The molecule has 0 saturated heterocycles. The van der Waals surface area contributed by atoms with Gasteiger partial charge in [-0.2, -0.15) is 0 Å². The molecule has 1 aliphatic heterocycles. The Kier molecular flexibility index (Phi) is 9.32. The first-order valence-corrected chi connectivity index (χ1v) is 16.7. The van der Waals surface area contributed by atoms with E-state index >= 15 is 0 Å². The molecule has 1 atom stereocenters. The Bertz CT molecular complexity index is 1700. The van der Waals surface area contributed by atoms with Crippen LogP contribution in [0.15, 0.2) is 34.2 Å². The Labute approximate surface area is 262 Å². The second-order valence-electron chi connectivity index (χ2n) is 12.6. The van der Waals surface area contributed by atoms with E-state index in [1.165, 1.54) is 11.3 Å². The number of benzene rings is 2. The number of nitrogens with two attached hydrogens (primary N) is 1.